The molecule has 0 bridgehead atoms. The van der Waals surface area contributed by atoms with Crippen molar-refractivity contribution in [3.63, 3.8) is 0 Å². The summed E-state index contributed by atoms with van der Waals surface area (Å²) >= 11 is 11.0. The van der Waals surface area contributed by atoms with Crippen LogP contribution in [0.25, 0.3) is 5.65 Å². The molecule has 5 nitrogen and oxygen atoms in total. The van der Waals surface area contributed by atoms with E-state index in [0.717, 1.165) is 20.0 Å². The van der Waals surface area contributed by atoms with E-state index in [1.54, 1.807) is 35.5 Å². The van der Waals surface area contributed by atoms with E-state index in [1.165, 1.54) is 0 Å². The Balaban J connectivity index is 1.58. The molecular weight excluding hydrogens is 400 g/mol. The highest BCUT2D eigenvalue weighted by atomic mass is 79.9. The topological polar surface area (TPSA) is 49.6 Å². The normalized spacial score (nSPS) is 10.9. The standard InChI is InChI=1S/C15H14BrClN4OS/c1-20(9-12-3-4-13(16)23-12)15(22)18-6-11-8-21-7-10(17)2-5-14(21)19-11/h2-5,7-8H,6,9H2,1H3,(H,18,22). The Morgan fingerprint density at radius 3 is 2.96 bits per heavy atom. The molecule has 3 aromatic rings. The van der Waals surface area contributed by atoms with Crippen LogP contribution in [0.1, 0.15) is 10.6 Å². The van der Waals surface area contributed by atoms with Gasteiger partial charge in [0.1, 0.15) is 5.65 Å². The molecule has 0 atom stereocenters. The third-order valence-electron chi connectivity index (χ3n) is 3.25. The van der Waals surface area contributed by atoms with Crippen molar-refractivity contribution in [1.29, 1.82) is 0 Å². The number of aromatic nitrogens is 2. The van der Waals surface area contributed by atoms with Crippen LogP contribution in [-0.4, -0.2) is 27.4 Å². The van der Waals surface area contributed by atoms with Gasteiger partial charge in [0.25, 0.3) is 0 Å². The Hall–Kier alpha value is -1.57. The van der Waals surface area contributed by atoms with Crippen LogP contribution in [0, 0.1) is 0 Å². The Kier molecular flexibility index (Phi) is 4.89. The molecule has 0 aliphatic carbocycles. The number of rotatable bonds is 4. The van der Waals surface area contributed by atoms with E-state index in [2.05, 4.69) is 26.2 Å². The Morgan fingerprint density at radius 2 is 2.22 bits per heavy atom. The molecule has 0 aromatic carbocycles. The van der Waals surface area contributed by atoms with E-state index < -0.39 is 0 Å². The lowest BCUT2D eigenvalue weighted by Crippen LogP contribution is -2.36. The second kappa shape index (κ2) is 6.90. The van der Waals surface area contributed by atoms with Crippen LogP contribution in [0.4, 0.5) is 4.79 Å². The van der Waals surface area contributed by atoms with Crippen molar-refractivity contribution in [3.05, 3.63) is 56.0 Å². The van der Waals surface area contributed by atoms with Gasteiger partial charge in [-0.05, 0) is 40.2 Å². The molecule has 2 amide bonds. The number of carbonyl (C=O) groups is 1. The van der Waals surface area contributed by atoms with E-state index in [0.29, 0.717) is 18.1 Å². The molecule has 0 saturated carbocycles. The van der Waals surface area contributed by atoms with Crippen LogP contribution < -0.4 is 5.32 Å². The summed E-state index contributed by atoms with van der Waals surface area (Å²) in [5, 5.41) is 3.52. The lowest BCUT2D eigenvalue weighted by atomic mass is 10.4. The number of halogens is 2. The molecule has 0 unspecified atom stereocenters. The molecule has 0 spiro atoms. The number of carbonyl (C=O) groups excluding carboxylic acids is 1. The quantitative estimate of drug-likeness (QED) is 0.698. The molecule has 0 aliphatic rings. The van der Waals surface area contributed by atoms with Gasteiger partial charge in [0.05, 0.1) is 27.6 Å². The zero-order valence-corrected chi connectivity index (χ0v) is 15.5. The summed E-state index contributed by atoms with van der Waals surface area (Å²) in [6, 6.07) is 7.48. The van der Waals surface area contributed by atoms with Crippen LogP contribution in [0.5, 0.6) is 0 Å². The van der Waals surface area contributed by atoms with Crippen molar-refractivity contribution < 1.29 is 4.79 Å². The van der Waals surface area contributed by atoms with Crippen LogP contribution in [0.3, 0.4) is 0 Å². The van der Waals surface area contributed by atoms with Gasteiger partial charge >= 0.3 is 6.03 Å². The maximum atomic E-state index is 12.1. The van der Waals surface area contributed by atoms with Crippen molar-refractivity contribution >= 4 is 50.5 Å². The number of pyridine rings is 1. The van der Waals surface area contributed by atoms with Crippen LogP contribution in [-0.2, 0) is 13.1 Å². The van der Waals surface area contributed by atoms with E-state index in [9.17, 15) is 4.79 Å². The molecular formula is C15H14BrClN4OS. The summed E-state index contributed by atoms with van der Waals surface area (Å²) in [4.78, 5) is 19.4. The zero-order chi connectivity index (χ0) is 16.4. The number of hydrogen-bond acceptors (Lipinski definition) is 3. The fourth-order valence-corrected chi connectivity index (χ4v) is 3.85. The molecule has 0 aliphatic heterocycles. The van der Waals surface area contributed by atoms with E-state index in [4.69, 9.17) is 11.6 Å². The number of hydrogen-bond donors (Lipinski definition) is 1. The van der Waals surface area contributed by atoms with Crippen LogP contribution in [0.2, 0.25) is 5.02 Å². The smallest absolute Gasteiger partial charge is 0.317 e. The summed E-state index contributed by atoms with van der Waals surface area (Å²) < 4.78 is 2.90. The average Bonchev–Trinajstić information content (AvgIpc) is 3.10. The first kappa shape index (κ1) is 16.3. The second-order valence-electron chi connectivity index (χ2n) is 5.07. The number of fused-ring (bicyclic) bond motifs is 1. The van der Waals surface area contributed by atoms with E-state index >= 15 is 0 Å². The molecule has 0 saturated heterocycles. The first-order valence-electron chi connectivity index (χ1n) is 6.87. The maximum absolute atomic E-state index is 12.1. The zero-order valence-electron chi connectivity index (χ0n) is 12.3. The molecule has 0 fully saturated rings. The number of imidazole rings is 1. The van der Waals surface area contributed by atoms with E-state index in [-0.39, 0.29) is 6.03 Å². The highest BCUT2D eigenvalue weighted by Crippen LogP contribution is 2.23. The summed E-state index contributed by atoms with van der Waals surface area (Å²) in [7, 11) is 1.77. The molecule has 23 heavy (non-hydrogen) atoms. The predicted molar refractivity (Wildman–Crippen MR) is 95.9 cm³/mol. The Morgan fingerprint density at radius 1 is 1.39 bits per heavy atom. The number of amides is 2. The van der Waals surface area contributed by atoms with Crippen molar-refractivity contribution in [2.75, 3.05) is 7.05 Å². The Labute approximate surface area is 151 Å². The predicted octanol–water partition coefficient (Wildman–Crippen LogP) is 4.15. The minimum absolute atomic E-state index is 0.135. The van der Waals surface area contributed by atoms with Gasteiger partial charge in [0.2, 0.25) is 0 Å². The van der Waals surface area contributed by atoms with Crippen LogP contribution in [0.15, 0.2) is 40.4 Å². The van der Waals surface area contributed by atoms with Gasteiger partial charge in [0.15, 0.2) is 0 Å². The Bertz CT molecular complexity index is 847. The third kappa shape index (κ3) is 4.04. The van der Waals surface area contributed by atoms with Gasteiger partial charge < -0.3 is 14.6 Å². The van der Waals surface area contributed by atoms with Gasteiger partial charge in [-0.3, -0.25) is 0 Å². The molecule has 120 valence electrons. The minimum atomic E-state index is -0.135. The van der Waals surface area contributed by atoms with Crippen molar-refractivity contribution in [3.8, 4) is 0 Å². The maximum Gasteiger partial charge on any atom is 0.317 e. The van der Waals surface area contributed by atoms with Crippen LogP contribution >= 0.6 is 38.9 Å². The highest BCUT2D eigenvalue weighted by Gasteiger charge is 2.11. The number of nitrogens with zero attached hydrogens (tertiary/aromatic N) is 3. The first-order valence-corrected chi connectivity index (χ1v) is 8.86. The first-order chi connectivity index (χ1) is 11.0. The fourth-order valence-electron chi connectivity index (χ4n) is 2.15. The van der Waals surface area contributed by atoms with Gasteiger partial charge in [-0.25, -0.2) is 9.78 Å². The number of thiophene rings is 1. The fraction of sp³-hybridized carbons (Fsp3) is 0.200. The lowest BCUT2D eigenvalue weighted by molar-refractivity contribution is 0.206. The molecule has 8 heteroatoms. The summed E-state index contributed by atoms with van der Waals surface area (Å²) in [6.45, 7) is 0.944. The lowest BCUT2D eigenvalue weighted by Gasteiger charge is -2.16. The van der Waals surface area contributed by atoms with Crippen molar-refractivity contribution in [2.24, 2.45) is 0 Å². The molecule has 1 N–H and O–H groups in total. The van der Waals surface area contributed by atoms with Gasteiger partial charge in [0, 0.05) is 24.3 Å². The largest absolute Gasteiger partial charge is 0.332 e. The summed E-state index contributed by atoms with van der Waals surface area (Å²) in [5.74, 6) is 0. The van der Waals surface area contributed by atoms with Gasteiger partial charge in [-0.1, -0.05) is 11.6 Å². The van der Waals surface area contributed by atoms with E-state index in [1.807, 2.05) is 28.8 Å². The molecule has 3 heterocycles. The molecule has 3 aromatic heterocycles. The van der Waals surface area contributed by atoms with Gasteiger partial charge in [-0.15, -0.1) is 11.3 Å². The summed E-state index contributed by atoms with van der Waals surface area (Å²) in [6.07, 6.45) is 3.65. The molecule has 0 radical (unpaired) electrons. The minimum Gasteiger partial charge on any atom is -0.332 e. The number of urea groups is 1. The third-order valence-corrected chi connectivity index (χ3v) is 5.09. The number of nitrogens with one attached hydrogen (secondary N) is 1. The monoisotopic (exact) mass is 412 g/mol. The second-order valence-corrected chi connectivity index (χ2v) is 8.05. The van der Waals surface area contributed by atoms with Crippen molar-refractivity contribution in [2.45, 2.75) is 13.1 Å². The van der Waals surface area contributed by atoms with Crippen molar-refractivity contribution in [1.82, 2.24) is 19.6 Å². The average molecular weight is 414 g/mol. The summed E-state index contributed by atoms with van der Waals surface area (Å²) in [5.41, 5.74) is 1.59. The van der Waals surface area contributed by atoms with Gasteiger partial charge in [-0.2, -0.15) is 0 Å². The highest BCUT2D eigenvalue weighted by molar-refractivity contribution is 9.11. The molecule has 3 rings (SSSR count). The SMILES string of the molecule is CN(Cc1ccc(Br)s1)C(=O)NCc1cn2cc(Cl)ccc2n1.